The van der Waals surface area contributed by atoms with Gasteiger partial charge in [-0.05, 0) is 37.3 Å². The van der Waals surface area contributed by atoms with E-state index in [9.17, 15) is 4.79 Å². The van der Waals surface area contributed by atoms with Gasteiger partial charge in [0.15, 0.2) is 5.82 Å². The Hall–Kier alpha value is -2.37. The van der Waals surface area contributed by atoms with Crippen LogP contribution in [0.3, 0.4) is 0 Å². The highest BCUT2D eigenvalue weighted by molar-refractivity contribution is 5.76. The zero-order valence-corrected chi connectivity index (χ0v) is 16.5. The normalized spacial score (nSPS) is 13.9. The lowest BCUT2D eigenvalue weighted by atomic mass is 10.1. The van der Waals surface area contributed by atoms with Gasteiger partial charge in [0, 0.05) is 51.6 Å². The first-order chi connectivity index (χ1) is 13.2. The first-order valence-electron chi connectivity index (χ1n) is 10.1. The molecular weight excluding hydrogens is 340 g/mol. The van der Waals surface area contributed by atoms with Crippen LogP contribution in [0.15, 0.2) is 28.8 Å². The molecule has 2 heterocycles. The molecule has 1 saturated heterocycles. The van der Waals surface area contributed by atoms with Crippen LogP contribution in [0.2, 0.25) is 0 Å². The zero-order chi connectivity index (χ0) is 19.1. The average molecular weight is 370 g/mol. The van der Waals surface area contributed by atoms with E-state index >= 15 is 0 Å². The number of rotatable bonds is 9. The maximum Gasteiger partial charge on any atom is 0.226 e. The second-order valence-corrected chi connectivity index (χ2v) is 7.28. The molecule has 27 heavy (non-hydrogen) atoms. The number of aryl methyl sites for hydroxylation is 2. The number of aromatic nitrogens is 2. The summed E-state index contributed by atoms with van der Waals surface area (Å²) in [5, 5.41) is 3.96. The molecule has 1 fully saturated rings. The van der Waals surface area contributed by atoms with E-state index in [0.717, 1.165) is 38.2 Å². The van der Waals surface area contributed by atoms with Gasteiger partial charge in [0.05, 0.1) is 0 Å². The topological polar surface area (TPSA) is 62.5 Å². The number of para-hydroxylation sites is 1. The minimum absolute atomic E-state index is 0.152. The van der Waals surface area contributed by atoms with Crippen LogP contribution in [0, 0.1) is 0 Å². The second kappa shape index (κ2) is 9.53. The van der Waals surface area contributed by atoms with E-state index in [1.54, 1.807) is 0 Å². The van der Waals surface area contributed by atoms with Gasteiger partial charge in [0.2, 0.25) is 11.8 Å². The summed E-state index contributed by atoms with van der Waals surface area (Å²) in [6, 6.07) is 8.43. The maximum atomic E-state index is 12.5. The van der Waals surface area contributed by atoms with Gasteiger partial charge in [-0.25, -0.2) is 0 Å². The molecular formula is C21H30N4O2. The molecule has 0 bridgehead atoms. The summed E-state index contributed by atoms with van der Waals surface area (Å²) in [5.74, 6) is 1.54. The van der Waals surface area contributed by atoms with E-state index in [2.05, 4.69) is 46.2 Å². The van der Waals surface area contributed by atoms with E-state index in [4.69, 9.17) is 4.52 Å². The van der Waals surface area contributed by atoms with Crippen molar-refractivity contribution in [3.05, 3.63) is 41.5 Å². The van der Waals surface area contributed by atoms with E-state index < -0.39 is 0 Å². The van der Waals surface area contributed by atoms with Crippen LogP contribution >= 0.6 is 0 Å². The van der Waals surface area contributed by atoms with Crippen molar-refractivity contribution in [3.8, 4) is 0 Å². The summed E-state index contributed by atoms with van der Waals surface area (Å²) >= 11 is 0. The van der Waals surface area contributed by atoms with Crippen LogP contribution in [0.5, 0.6) is 0 Å². The third-order valence-corrected chi connectivity index (χ3v) is 5.04. The van der Waals surface area contributed by atoms with E-state index in [0.29, 0.717) is 25.3 Å². The van der Waals surface area contributed by atoms with Crippen LogP contribution < -0.4 is 4.90 Å². The van der Waals surface area contributed by atoms with E-state index in [-0.39, 0.29) is 5.91 Å². The van der Waals surface area contributed by atoms with Crippen LogP contribution in [-0.2, 0) is 24.2 Å². The Balaban J connectivity index is 1.49. The molecule has 0 N–H and O–H groups in total. The number of hydrogen-bond acceptors (Lipinski definition) is 5. The molecule has 1 aliphatic rings. The molecule has 0 aliphatic carbocycles. The minimum atomic E-state index is 0.152. The lowest BCUT2D eigenvalue weighted by Crippen LogP contribution is -2.27. The molecule has 1 aliphatic heterocycles. The smallest absolute Gasteiger partial charge is 0.226 e. The number of anilines is 1. The molecule has 1 amide bonds. The predicted octanol–water partition coefficient (Wildman–Crippen LogP) is 3.60. The quantitative estimate of drug-likeness (QED) is 0.675. The fourth-order valence-corrected chi connectivity index (χ4v) is 3.55. The summed E-state index contributed by atoms with van der Waals surface area (Å²) in [6.07, 6.45) is 6.21. The molecule has 6 nitrogen and oxygen atoms in total. The number of benzene rings is 1. The molecule has 0 saturated carbocycles. The Labute approximate surface area is 161 Å². The maximum absolute atomic E-state index is 12.5. The minimum Gasteiger partial charge on any atom is -0.371 e. The average Bonchev–Trinajstić information content (AvgIpc) is 3.34. The molecule has 3 rings (SSSR count). The van der Waals surface area contributed by atoms with Crippen molar-refractivity contribution in [2.75, 3.05) is 25.0 Å². The SMILES string of the molecule is CCCc1noc(CCCC(=O)N(C)Cc2ccccc2N2CCCC2)n1. The van der Waals surface area contributed by atoms with Crippen LogP contribution in [-0.4, -0.2) is 41.1 Å². The van der Waals surface area contributed by atoms with Crippen LogP contribution in [0.1, 0.15) is 56.3 Å². The van der Waals surface area contributed by atoms with Crippen molar-refractivity contribution in [2.24, 2.45) is 0 Å². The number of carbonyl (C=O) groups is 1. The van der Waals surface area contributed by atoms with Crippen LogP contribution in [0.4, 0.5) is 5.69 Å². The van der Waals surface area contributed by atoms with Crippen molar-refractivity contribution in [3.63, 3.8) is 0 Å². The number of amides is 1. The fourth-order valence-electron chi connectivity index (χ4n) is 3.55. The van der Waals surface area contributed by atoms with E-state index in [1.807, 2.05) is 11.9 Å². The molecule has 0 unspecified atom stereocenters. The molecule has 0 spiro atoms. The molecule has 1 aromatic heterocycles. The molecule has 2 aromatic rings. The first kappa shape index (κ1) is 19.4. The van der Waals surface area contributed by atoms with Crippen molar-refractivity contribution >= 4 is 11.6 Å². The highest BCUT2D eigenvalue weighted by atomic mass is 16.5. The standard InChI is InChI=1S/C21H30N4O2/c1-3-9-19-22-20(27-23-19)12-8-13-21(26)24(2)16-17-10-4-5-11-18(17)25-14-6-7-15-25/h4-5,10-11H,3,6-9,12-16H2,1-2H3. The van der Waals surface area contributed by atoms with Crippen molar-refractivity contribution < 1.29 is 9.32 Å². The third-order valence-electron chi connectivity index (χ3n) is 5.04. The Morgan fingerprint density at radius 1 is 1.22 bits per heavy atom. The molecule has 0 radical (unpaired) electrons. The van der Waals surface area contributed by atoms with Gasteiger partial charge in [-0.1, -0.05) is 30.3 Å². The zero-order valence-electron chi connectivity index (χ0n) is 16.5. The van der Waals surface area contributed by atoms with Crippen molar-refractivity contribution in [1.82, 2.24) is 15.0 Å². The molecule has 1 aromatic carbocycles. The number of hydrogen-bond donors (Lipinski definition) is 0. The Morgan fingerprint density at radius 2 is 2.00 bits per heavy atom. The number of nitrogens with zero attached hydrogens (tertiary/aromatic N) is 4. The lowest BCUT2D eigenvalue weighted by molar-refractivity contribution is -0.130. The Kier molecular flexibility index (Phi) is 6.85. The predicted molar refractivity (Wildman–Crippen MR) is 106 cm³/mol. The monoisotopic (exact) mass is 370 g/mol. The largest absolute Gasteiger partial charge is 0.371 e. The molecule has 0 atom stereocenters. The van der Waals surface area contributed by atoms with E-state index in [1.165, 1.54) is 24.1 Å². The second-order valence-electron chi connectivity index (χ2n) is 7.28. The summed E-state index contributed by atoms with van der Waals surface area (Å²) in [4.78, 5) is 21.1. The summed E-state index contributed by atoms with van der Waals surface area (Å²) in [6.45, 7) is 4.96. The van der Waals surface area contributed by atoms with Crippen molar-refractivity contribution in [1.29, 1.82) is 0 Å². The first-order valence-corrected chi connectivity index (χ1v) is 10.1. The Bertz CT molecular complexity index is 737. The summed E-state index contributed by atoms with van der Waals surface area (Å²) < 4.78 is 5.24. The van der Waals surface area contributed by atoms with Gasteiger partial charge in [0.25, 0.3) is 0 Å². The van der Waals surface area contributed by atoms with Gasteiger partial charge in [0.1, 0.15) is 0 Å². The van der Waals surface area contributed by atoms with Crippen molar-refractivity contribution in [2.45, 2.75) is 58.4 Å². The lowest BCUT2D eigenvalue weighted by Gasteiger charge is -2.24. The van der Waals surface area contributed by atoms with Crippen LogP contribution in [0.25, 0.3) is 0 Å². The molecule has 6 heteroatoms. The summed E-state index contributed by atoms with van der Waals surface area (Å²) in [7, 11) is 1.88. The van der Waals surface area contributed by atoms with Gasteiger partial charge in [-0.15, -0.1) is 0 Å². The highest BCUT2D eigenvalue weighted by Gasteiger charge is 2.17. The Morgan fingerprint density at radius 3 is 2.78 bits per heavy atom. The van der Waals surface area contributed by atoms with Gasteiger partial charge >= 0.3 is 0 Å². The molecule has 146 valence electrons. The van der Waals surface area contributed by atoms with Gasteiger partial charge in [-0.2, -0.15) is 4.98 Å². The number of carbonyl (C=O) groups excluding carboxylic acids is 1. The fraction of sp³-hybridized carbons (Fsp3) is 0.571. The highest BCUT2D eigenvalue weighted by Crippen LogP contribution is 2.25. The van der Waals surface area contributed by atoms with Gasteiger partial charge in [-0.3, -0.25) is 4.79 Å². The summed E-state index contributed by atoms with van der Waals surface area (Å²) in [5.41, 5.74) is 2.49. The third kappa shape index (κ3) is 5.31. The van der Waals surface area contributed by atoms with Gasteiger partial charge < -0.3 is 14.3 Å².